The molecule has 1 N–H and O–H groups in total. The molecular formula is C19H21BrN4O3S. The van der Waals surface area contributed by atoms with Crippen molar-refractivity contribution in [3.05, 3.63) is 41.1 Å². The number of benzene rings is 1. The number of nitrogens with one attached hydrogen (secondary N) is 1. The first-order valence-electron chi connectivity index (χ1n) is 8.95. The van der Waals surface area contributed by atoms with E-state index >= 15 is 0 Å². The van der Waals surface area contributed by atoms with E-state index in [9.17, 15) is 4.79 Å². The van der Waals surface area contributed by atoms with Crippen LogP contribution in [0.15, 0.2) is 50.6 Å². The van der Waals surface area contributed by atoms with Crippen LogP contribution in [0.2, 0.25) is 0 Å². The lowest BCUT2D eigenvalue weighted by Crippen LogP contribution is -2.15. The molecule has 0 fully saturated rings. The van der Waals surface area contributed by atoms with E-state index in [1.165, 1.54) is 11.8 Å². The number of carbonyl (C=O) groups excluding carboxylic acids is 1. The van der Waals surface area contributed by atoms with E-state index in [2.05, 4.69) is 38.4 Å². The topological polar surface area (TPSA) is 82.2 Å². The van der Waals surface area contributed by atoms with Gasteiger partial charge in [-0.3, -0.25) is 9.36 Å². The third kappa shape index (κ3) is 4.96. The van der Waals surface area contributed by atoms with Crippen molar-refractivity contribution in [1.82, 2.24) is 14.8 Å². The number of aromatic nitrogens is 3. The minimum Gasteiger partial charge on any atom is -0.492 e. The molecule has 9 heteroatoms. The third-order valence-electron chi connectivity index (χ3n) is 3.75. The summed E-state index contributed by atoms with van der Waals surface area (Å²) in [5, 5.41) is 12.1. The maximum atomic E-state index is 12.4. The SMILES string of the molecule is CCCn1c(SCC(=O)Nc2ccccc2OCC)nnc1-c1ccc(Br)o1. The number of hydrogen-bond donors (Lipinski definition) is 1. The van der Waals surface area contributed by atoms with Crippen molar-refractivity contribution < 1.29 is 13.9 Å². The first-order valence-corrected chi connectivity index (χ1v) is 10.7. The zero-order chi connectivity index (χ0) is 19.9. The summed E-state index contributed by atoms with van der Waals surface area (Å²) in [7, 11) is 0. The molecule has 0 aliphatic rings. The lowest BCUT2D eigenvalue weighted by atomic mass is 10.3. The zero-order valence-corrected chi connectivity index (χ0v) is 18.0. The van der Waals surface area contributed by atoms with Gasteiger partial charge in [0, 0.05) is 6.54 Å². The van der Waals surface area contributed by atoms with Crippen molar-refractivity contribution in [3.63, 3.8) is 0 Å². The maximum absolute atomic E-state index is 12.4. The zero-order valence-electron chi connectivity index (χ0n) is 15.6. The summed E-state index contributed by atoms with van der Waals surface area (Å²) in [4.78, 5) is 12.4. The highest BCUT2D eigenvalue weighted by Gasteiger charge is 2.18. The average Bonchev–Trinajstić information content (AvgIpc) is 3.28. The van der Waals surface area contributed by atoms with Crippen LogP contribution < -0.4 is 10.1 Å². The van der Waals surface area contributed by atoms with Crippen LogP contribution in [0.1, 0.15) is 20.3 Å². The van der Waals surface area contributed by atoms with Crippen molar-refractivity contribution >= 4 is 39.3 Å². The van der Waals surface area contributed by atoms with Gasteiger partial charge in [0.05, 0.1) is 18.0 Å². The van der Waals surface area contributed by atoms with Gasteiger partial charge >= 0.3 is 0 Å². The molecule has 0 spiro atoms. The van der Waals surface area contributed by atoms with Crippen LogP contribution in [0.3, 0.4) is 0 Å². The van der Waals surface area contributed by atoms with Crippen LogP contribution in [0.25, 0.3) is 11.6 Å². The Balaban J connectivity index is 1.69. The summed E-state index contributed by atoms with van der Waals surface area (Å²) in [5.41, 5.74) is 0.658. The summed E-state index contributed by atoms with van der Waals surface area (Å²) < 4.78 is 13.7. The monoisotopic (exact) mass is 464 g/mol. The Hall–Kier alpha value is -2.26. The fourth-order valence-corrected chi connectivity index (χ4v) is 3.68. The van der Waals surface area contributed by atoms with Gasteiger partial charge in [-0.05, 0) is 53.5 Å². The predicted octanol–water partition coefficient (Wildman–Crippen LogP) is 4.84. The van der Waals surface area contributed by atoms with E-state index in [4.69, 9.17) is 9.15 Å². The third-order valence-corrected chi connectivity index (χ3v) is 5.14. The Bertz CT molecular complexity index is 941. The molecule has 2 heterocycles. The molecule has 0 atom stereocenters. The van der Waals surface area contributed by atoms with Crippen LogP contribution in [0.4, 0.5) is 5.69 Å². The van der Waals surface area contributed by atoms with Crippen molar-refractivity contribution in [2.45, 2.75) is 32.0 Å². The van der Waals surface area contributed by atoms with Crippen molar-refractivity contribution in [2.75, 3.05) is 17.7 Å². The standard InChI is InChI=1S/C19H21BrN4O3S/c1-3-11-24-18(15-9-10-16(20)27-15)22-23-19(24)28-12-17(25)21-13-7-5-6-8-14(13)26-4-2/h5-10H,3-4,11-12H2,1-2H3,(H,21,25). The van der Waals surface area contributed by atoms with Crippen molar-refractivity contribution in [3.8, 4) is 17.3 Å². The number of thioether (sulfide) groups is 1. The lowest BCUT2D eigenvalue weighted by molar-refractivity contribution is -0.113. The molecule has 0 aliphatic carbocycles. The minimum absolute atomic E-state index is 0.134. The summed E-state index contributed by atoms with van der Waals surface area (Å²) in [6, 6.07) is 11.0. The second kappa shape index (κ2) is 9.79. The van der Waals surface area contributed by atoms with Gasteiger partial charge in [-0.2, -0.15) is 0 Å². The van der Waals surface area contributed by atoms with Crippen LogP contribution in [0, 0.1) is 0 Å². The van der Waals surface area contributed by atoms with E-state index in [-0.39, 0.29) is 11.7 Å². The molecule has 2 aromatic heterocycles. The first-order chi connectivity index (χ1) is 13.6. The summed E-state index contributed by atoms with van der Waals surface area (Å²) in [5.74, 6) is 2.02. The molecule has 3 aromatic rings. The molecule has 0 saturated heterocycles. The second-order valence-corrected chi connectivity index (χ2v) is 7.55. The highest BCUT2D eigenvalue weighted by Crippen LogP contribution is 2.28. The molecular weight excluding hydrogens is 444 g/mol. The first kappa shape index (κ1) is 20.5. The number of hydrogen-bond acceptors (Lipinski definition) is 6. The van der Waals surface area contributed by atoms with Gasteiger partial charge in [-0.25, -0.2) is 0 Å². The molecule has 148 valence electrons. The number of halogens is 1. The van der Waals surface area contributed by atoms with Gasteiger partial charge in [-0.1, -0.05) is 30.8 Å². The Morgan fingerprint density at radius 2 is 2.07 bits per heavy atom. The average molecular weight is 465 g/mol. The summed E-state index contributed by atoms with van der Waals surface area (Å²) in [6.07, 6.45) is 0.911. The van der Waals surface area contributed by atoms with Gasteiger partial charge in [0.2, 0.25) is 11.7 Å². The Labute approximate surface area is 176 Å². The number of carbonyl (C=O) groups is 1. The summed E-state index contributed by atoms with van der Waals surface area (Å²) in [6.45, 7) is 5.25. The number of rotatable bonds is 9. The normalized spacial score (nSPS) is 10.8. The number of amides is 1. The number of furan rings is 1. The van der Waals surface area contributed by atoms with E-state index in [0.29, 0.717) is 39.5 Å². The Morgan fingerprint density at radius 1 is 1.25 bits per heavy atom. The predicted molar refractivity (Wildman–Crippen MR) is 113 cm³/mol. The van der Waals surface area contributed by atoms with Crippen LogP contribution >= 0.6 is 27.7 Å². The van der Waals surface area contributed by atoms with Crippen molar-refractivity contribution in [1.29, 1.82) is 0 Å². The fourth-order valence-electron chi connectivity index (χ4n) is 2.61. The highest BCUT2D eigenvalue weighted by molar-refractivity contribution is 9.10. The minimum atomic E-state index is -0.134. The molecule has 0 aliphatic heterocycles. The smallest absolute Gasteiger partial charge is 0.234 e. The number of para-hydroxylation sites is 2. The molecule has 0 saturated carbocycles. The largest absolute Gasteiger partial charge is 0.492 e. The van der Waals surface area contributed by atoms with E-state index < -0.39 is 0 Å². The number of anilines is 1. The maximum Gasteiger partial charge on any atom is 0.234 e. The number of ether oxygens (including phenoxy) is 1. The molecule has 0 unspecified atom stereocenters. The molecule has 0 radical (unpaired) electrons. The molecule has 0 bridgehead atoms. The highest BCUT2D eigenvalue weighted by atomic mass is 79.9. The molecule has 7 nitrogen and oxygen atoms in total. The molecule has 28 heavy (non-hydrogen) atoms. The van der Waals surface area contributed by atoms with Crippen LogP contribution in [-0.2, 0) is 11.3 Å². The van der Waals surface area contributed by atoms with Crippen molar-refractivity contribution in [2.24, 2.45) is 0 Å². The van der Waals surface area contributed by atoms with Crippen LogP contribution in [0.5, 0.6) is 5.75 Å². The summed E-state index contributed by atoms with van der Waals surface area (Å²) >= 11 is 4.64. The quantitative estimate of drug-likeness (QED) is 0.456. The molecule has 1 aromatic carbocycles. The van der Waals surface area contributed by atoms with Crippen LogP contribution in [-0.4, -0.2) is 33.0 Å². The molecule has 3 rings (SSSR count). The van der Waals surface area contributed by atoms with Gasteiger partial charge in [0.1, 0.15) is 5.75 Å². The lowest BCUT2D eigenvalue weighted by Gasteiger charge is -2.11. The Kier molecular flexibility index (Phi) is 7.16. The van der Waals surface area contributed by atoms with Gasteiger partial charge in [-0.15, -0.1) is 10.2 Å². The van der Waals surface area contributed by atoms with Gasteiger partial charge in [0.15, 0.2) is 15.6 Å². The van der Waals surface area contributed by atoms with E-state index in [1.54, 1.807) is 0 Å². The fraction of sp³-hybridized carbons (Fsp3) is 0.316. The Morgan fingerprint density at radius 3 is 2.79 bits per heavy atom. The molecule has 1 amide bonds. The number of nitrogens with zero attached hydrogens (tertiary/aromatic N) is 3. The van der Waals surface area contributed by atoms with Gasteiger partial charge in [0.25, 0.3) is 0 Å². The van der Waals surface area contributed by atoms with E-state index in [0.717, 1.165) is 13.0 Å². The second-order valence-electron chi connectivity index (χ2n) is 5.83. The van der Waals surface area contributed by atoms with Gasteiger partial charge < -0.3 is 14.5 Å². The van der Waals surface area contributed by atoms with E-state index in [1.807, 2.05) is 47.9 Å².